The maximum Gasteiger partial charge on any atom is 0.422 e. The monoisotopic (exact) mass is 437 g/mol. The van der Waals surface area contributed by atoms with Gasteiger partial charge in [0.1, 0.15) is 10.3 Å². The van der Waals surface area contributed by atoms with E-state index < -0.39 is 16.4 Å². The molecule has 1 aromatic carbocycles. The molecule has 1 saturated carbocycles. The summed E-state index contributed by atoms with van der Waals surface area (Å²) in [6.07, 6.45) is 4.01. The number of para-hydroxylation sites is 1. The highest BCUT2D eigenvalue weighted by Gasteiger charge is 2.52. The van der Waals surface area contributed by atoms with Gasteiger partial charge >= 0.3 is 6.09 Å². The van der Waals surface area contributed by atoms with Gasteiger partial charge in [-0.25, -0.2) is 9.36 Å². The quantitative estimate of drug-likeness (QED) is 0.632. The van der Waals surface area contributed by atoms with E-state index >= 15 is 0 Å². The molecule has 3 aromatic rings. The molecule has 1 amide bonds. The number of carbonyl (C=O) groups excluding carboxylic acids is 2. The zero-order valence-corrected chi connectivity index (χ0v) is 18.3. The molecule has 31 heavy (non-hydrogen) atoms. The minimum atomic E-state index is -0.700. The Morgan fingerprint density at radius 2 is 1.84 bits per heavy atom. The molecule has 0 aliphatic heterocycles. The van der Waals surface area contributed by atoms with Crippen LogP contribution in [0.5, 0.6) is 0 Å². The molecule has 1 N–H and O–H groups in total. The molecular formula is C22H23N5O3S. The van der Waals surface area contributed by atoms with Crippen molar-refractivity contribution in [2.45, 2.75) is 49.1 Å². The molecule has 1 aliphatic rings. The van der Waals surface area contributed by atoms with Gasteiger partial charge in [0.25, 0.3) is 0 Å². The molecule has 0 unspecified atom stereocenters. The first-order valence-electron chi connectivity index (χ1n) is 9.92. The van der Waals surface area contributed by atoms with E-state index in [-0.39, 0.29) is 5.91 Å². The number of hydrogen-bond acceptors (Lipinski definition) is 7. The first kappa shape index (κ1) is 21.0. The van der Waals surface area contributed by atoms with Gasteiger partial charge in [-0.15, -0.1) is 10.2 Å². The Balaban J connectivity index is 1.64. The van der Waals surface area contributed by atoms with E-state index in [2.05, 4.69) is 20.5 Å². The number of carbonyl (C=O) groups is 2. The van der Waals surface area contributed by atoms with Crippen molar-refractivity contribution >= 4 is 29.4 Å². The van der Waals surface area contributed by atoms with Crippen LogP contribution in [-0.4, -0.2) is 42.1 Å². The van der Waals surface area contributed by atoms with Crippen LogP contribution < -0.4 is 5.32 Å². The molecule has 8 nitrogen and oxygen atoms in total. The third-order valence-electron chi connectivity index (χ3n) is 4.57. The van der Waals surface area contributed by atoms with Crippen LogP contribution in [-0.2, 0) is 9.53 Å². The number of ether oxygens (including phenoxy) is 1. The molecule has 9 heteroatoms. The van der Waals surface area contributed by atoms with Gasteiger partial charge in [-0.05, 0) is 57.9 Å². The number of hydrogen-bond donors (Lipinski definition) is 1. The molecular weight excluding hydrogens is 414 g/mol. The average molecular weight is 438 g/mol. The number of nitrogens with zero attached hydrogens (tertiary/aromatic N) is 4. The summed E-state index contributed by atoms with van der Waals surface area (Å²) in [5, 5.41) is 11.7. The molecule has 0 saturated heterocycles. The van der Waals surface area contributed by atoms with Crippen molar-refractivity contribution in [3.05, 3.63) is 54.9 Å². The van der Waals surface area contributed by atoms with Crippen molar-refractivity contribution < 1.29 is 14.3 Å². The summed E-state index contributed by atoms with van der Waals surface area (Å²) in [5.41, 5.74) is 0.660. The smallest absolute Gasteiger partial charge is 0.422 e. The van der Waals surface area contributed by atoms with Crippen molar-refractivity contribution in [1.82, 2.24) is 19.7 Å². The molecule has 0 radical (unpaired) electrons. The summed E-state index contributed by atoms with van der Waals surface area (Å²) in [7, 11) is 0. The standard InChI is InChI=1S/C22H23N5O3S/c1-21(2,3)30-20(29)27-17(15-8-7-13-23-14-15)25-26-19(27)31-22(11-12-22)18(28)24-16-9-5-4-6-10-16/h4-10,13-14H,11-12H2,1-3H3,(H,24,28). The maximum atomic E-state index is 13.0. The van der Waals surface area contributed by atoms with Gasteiger partial charge in [0.05, 0.1) is 0 Å². The van der Waals surface area contributed by atoms with E-state index in [1.165, 1.54) is 16.3 Å². The molecule has 4 rings (SSSR count). The highest BCUT2D eigenvalue weighted by atomic mass is 32.2. The lowest BCUT2D eigenvalue weighted by Gasteiger charge is -2.21. The highest BCUT2D eigenvalue weighted by molar-refractivity contribution is 8.01. The summed E-state index contributed by atoms with van der Waals surface area (Å²) in [5.74, 6) is 0.203. The number of benzene rings is 1. The summed E-state index contributed by atoms with van der Waals surface area (Å²) < 4.78 is 6.21. The molecule has 0 spiro atoms. The lowest BCUT2D eigenvalue weighted by Crippen LogP contribution is -2.30. The number of pyridine rings is 1. The van der Waals surface area contributed by atoms with E-state index in [1.807, 2.05) is 30.3 Å². The second kappa shape index (κ2) is 8.14. The number of rotatable bonds is 5. The van der Waals surface area contributed by atoms with E-state index in [9.17, 15) is 9.59 Å². The summed E-state index contributed by atoms with van der Waals surface area (Å²) in [6.45, 7) is 5.38. The van der Waals surface area contributed by atoms with Crippen molar-refractivity contribution in [1.29, 1.82) is 0 Å². The minimum Gasteiger partial charge on any atom is -0.443 e. The second-order valence-corrected chi connectivity index (χ2v) is 9.63. The number of thioether (sulfide) groups is 1. The highest BCUT2D eigenvalue weighted by Crippen LogP contribution is 2.52. The van der Waals surface area contributed by atoms with Crippen LogP contribution in [0.25, 0.3) is 11.4 Å². The summed E-state index contributed by atoms with van der Waals surface area (Å²) in [4.78, 5) is 30.1. The predicted molar refractivity (Wildman–Crippen MR) is 118 cm³/mol. The first-order chi connectivity index (χ1) is 14.8. The zero-order valence-electron chi connectivity index (χ0n) is 17.5. The first-order valence-corrected chi connectivity index (χ1v) is 10.7. The number of nitrogens with one attached hydrogen (secondary N) is 1. The molecule has 1 fully saturated rings. The van der Waals surface area contributed by atoms with Crippen molar-refractivity contribution in [3.8, 4) is 11.4 Å². The Morgan fingerprint density at radius 3 is 2.45 bits per heavy atom. The minimum absolute atomic E-state index is 0.120. The molecule has 2 heterocycles. The molecule has 1 aliphatic carbocycles. The summed E-state index contributed by atoms with van der Waals surface area (Å²) in [6, 6.07) is 12.8. The largest absolute Gasteiger partial charge is 0.443 e. The van der Waals surface area contributed by atoms with E-state index in [0.29, 0.717) is 29.4 Å². The summed E-state index contributed by atoms with van der Waals surface area (Å²) >= 11 is 1.24. The number of amides is 1. The molecule has 0 bridgehead atoms. The topological polar surface area (TPSA) is 99.0 Å². The molecule has 2 aromatic heterocycles. The van der Waals surface area contributed by atoms with Crippen molar-refractivity contribution in [2.24, 2.45) is 0 Å². The average Bonchev–Trinajstić information content (AvgIpc) is 3.39. The van der Waals surface area contributed by atoms with Gasteiger partial charge in [-0.1, -0.05) is 30.0 Å². The number of anilines is 1. The third-order valence-corrected chi connectivity index (χ3v) is 6.00. The third kappa shape index (κ3) is 4.77. The Labute approximate surface area is 184 Å². The van der Waals surface area contributed by atoms with Gasteiger partial charge in [0.2, 0.25) is 11.1 Å². The normalized spacial score (nSPS) is 14.7. The fraction of sp³-hybridized carbons (Fsp3) is 0.318. The Hall–Kier alpha value is -3.20. The van der Waals surface area contributed by atoms with Gasteiger partial charge < -0.3 is 10.1 Å². The predicted octanol–water partition coefficient (Wildman–Crippen LogP) is 4.39. The van der Waals surface area contributed by atoms with Crippen molar-refractivity contribution in [2.75, 3.05) is 5.32 Å². The van der Waals surface area contributed by atoms with Gasteiger partial charge in [0.15, 0.2) is 5.82 Å². The lowest BCUT2D eigenvalue weighted by molar-refractivity contribution is -0.116. The van der Waals surface area contributed by atoms with Crippen molar-refractivity contribution in [3.63, 3.8) is 0 Å². The van der Waals surface area contributed by atoms with Crippen LogP contribution in [0.1, 0.15) is 33.6 Å². The van der Waals surface area contributed by atoms with Crippen LogP contribution in [0.3, 0.4) is 0 Å². The SMILES string of the molecule is CC(C)(C)OC(=O)n1c(SC2(C(=O)Nc3ccccc3)CC2)nnc1-c1cccnc1. The van der Waals surface area contributed by atoms with Crippen LogP contribution in [0.4, 0.5) is 10.5 Å². The van der Waals surface area contributed by atoms with Crippen LogP contribution >= 0.6 is 11.8 Å². The second-order valence-electron chi connectivity index (χ2n) is 8.28. The van der Waals surface area contributed by atoms with Gasteiger partial charge in [-0.2, -0.15) is 0 Å². The van der Waals surface area contributed by atoms with E-state index in [0.717, 1.165) is 5.69 Å². The Kier molecular flexibility index (Phi) is 5.53. The van der Waals surface area contributed by atoms with Crippen LogP contribution in [0, 0.1) is 0 Å². The van der Waals surface area contributed by atoms with E-state index in [1.54, 1.807) is 45.3 Å². The van der Waals surface area contributed by atoms with Gasteiger partial charge in [-0.3, -0.25) is 9.78 Å². The Morgan fingerprint density at radius 1 is 1.10 bits per heavy atom. The van der Waals surface area contributed by atoms with E-state index in [4.69, 9.17) is 4.74 Å². The zero-order chi connectivity index (χ0) is 22.1. The fourth-order valence-corrected chi connectivity index (χ4v) is 4.05. The lowest BCUT2D eigenvalue weighted by atomic mass is 10.2. The fourth-order valence-electron chi connectivity index (χ4n) is 2.92. The van der Waals surface area contributed by atoms with Crippen LogP contribution in [0.2, 0.25) is 0 Å². The van der Waals surface area contributed by atoms with Crippen LogP contribution in [0.15, 0.2) is 60.0 Å². The maximum absolute atomic E-state index is 13.0. The number of aromatic nitrogens is 4. The molecule has 0 atom stereocenters. The van der Waals surface area contributed by atoms with Gasteiger partial charge in [0, 0.05) is 23.6 Å². The molecule has 160 valence electrons. The Bertz CT molecular complexity index is 1090.